The van der Waals surface area contributed by atoms with Crippen LogP contribution in [0.4, 0.5) is 0 Å². The number of nitrogens with zero attached hydrogens (tertiary/aromatic N) is 2. The third kappa shape index (κ3) is 4.34. The summed E-state index contributed by atoms with van der Waals surface area (Å²) in [7, 11) is 0. The van der Waals surface area contributed by atoms with Gasteiger partial charge in [-0.2, -0.15) is 0 Å². The molecule has 4 rings (SSSR count). The first-order valence-electron chi connectivity index (χ1n) is 9.94. The Morgan fingerprint density at radius 2 is 1.79 bits per heavy atom. The second kappa shape index (κ2) is 8.61. The summed E-state index contributed by atoms with van der Waals surface area (Å²) >= 11 is 5.94. The molecule has 0 unspecified atom stereocenters. The fourth-order valence-electron chi connectivity index (χ4n) is 4.10. The minimum Gasteiger partial charge on any atom is -0.507 e. The lowest BCUT2D eigenvalue weighted by atomic mass is 10.0. The molecule has 2 aromatic carbocycles. The van der Waals surface area contributed by atoms with Crippen LogP contribution < -0.4 is 0 Å². The zero-order valence-electron chi connectivity index (χ0n) is 16.2. The van der Waals surface area contributed by atoms with Crippen molar-refractivity contribution >= 4 is 17.5 Å². The summed E-state index contributed by atoms with van der Waals surface area (Å²) in [5, 5.41) is 19.8. The lowest BCUT2D eigenvalue weighted by molar-refractivity contribution is 0.0342. The number of carbonyl (C=O) groups is 1. The van der Waals surface area contributed by atoms with Crippen molar-refractivity contribution in [3.05, 3.63) is 58.1 Å². The van der Waals surface area contributed by atoms with Gasteiger partial charge in [-0.3, -0.25) is 9.69 Å². The molecule has 0 saturated carbocycles. The Morgan fingerprint density at radius 1 is 1.07 bits per heavy atom. The topological polar surface area (TPSA) is 73.2 Å². The number of likely N-dealkylation sites (tertiary alicyclic amines) is 1. The van der Waals surface area contributed by atoms with Crippen molar-refractivity contribution < 1.29 is 19.7 Å². The van der Waals surface area contributed by atoms with Gasteiger partial charge >= 0.3 is 0 Å². The molecule has 0 spiro atoms. The van der Waals surface area contributed by atoms with Crippen molar-refractivity contribution in [2.75, 3.05) is 32.8 Å². The van der Waals surface area contributed by atoms with Crippen LogP contribution in [0.25, 0.3) is 0 Å². The van der Waals surface area contributed by atoms with Gasteiger partial charge in [0.05, 0.1) is 29.8 Å². The first kappa shape index (κ1) is 20.0. The fraction of sp³-hybridized carbons (Fsp3) is 0.409. The summed E-state index contributed by atoms with van der Waals surface area (Å²) in [6, 6.07) is 10.8. The van der Waals surface area contributed by atoms with Crippen LogP contribution in [0.15, 0.2) is 36.4 Å². The number of halogens is 1. The van der Waals surface area contributed by atoms with Crippen LogP contribution in [0.1, 0.15) is 40.4 Å². The van der Waals surface area contributed by atoms with E-state index in [1.165, 1.54) is 11.6 Å². The molecule has 0 bridgehead atoms. The molecule has 1 amide bonds. The van der Waals surface area contributed by atoms with E-state index in [-0.39, 0.29) is 34.0 Å². The second-order valence-corrected chi connectivity index (χ2v) is 8.01. The van der Waals surface area contributed by atoms with Gasteiger partial charge in [-0.1, -0.05) is 35.9 Å². The predicted molar refractivity (Wildman–Crippen MR) is 110 cm³/mol. The van der Waals surface area contributed by atoms with Crippen molar-refractivity contribution in [2.45, 2.75) is 25.4 Å². The second-order valence-electron chi connectivity index (χ2n) is 7.61. The van der Waals surface area contributed by atoms with E-state index in [4.69, 9.17) is 16.3 Å². The third-order valence-corrected chi connectivity index (χ3v) is 5.99. The van der Waals surface area contributed by atoms with Gasteiger partial charge in [-0.15, -0.1) is 0 Å². The van der Waals surface area contributed by atoms with Crippen LogP contribution in [0, 0.1) is 0 Å². The molecule has 2 fully saturated rings. The normalized spacial score (nSPS) is 20.2. The number of aromatic hydroxyl groups is 2. The molecule has 2 aromatic rings. The number of amides is 1. The molecule has 2 heterocycles. The summed E-state index contributed by atoms with van der Waals surface area (Å²) < 4.78 is 5.40. The zero-order valence-corrected chi connectivity index (χ0v) is 16.9. The number of rotatable bonds is 4. The van der Waals surface area contributed by atoms with Gasteiger partial charge in [-0.05, 0) is 30.0 Å². The Bertz CT molecular complexity index is 881. The van der Waals surface area contributed by atoms with Gasteiger partial charge in [0.15, 0.2) is 0 Å². The van der Waals surface area contributed by atoms with E-state index in [0.29, 0.717) is 6.54 Å². The van der Waals surface area contributed by atoms with Crippen molar-refractivity contribution in [3.8, 4) is 11.5 Å². The van der Waals surface area contributed by atoms with Gasteiger partial charge in [-0.25, -0.2) is 0 Å². The van der Waals surface area contributed by atoms with Crippen LogP contribution >= 0.6 is 11.6 Å². The van der Waals surface area contributed by atoms with E-state index < -0.39 is 0 Å². The van der Waals surface area contributed by atoms with Crippen molar-refractivity contribution in [3.63, 3.8) is 0 Å². The minimum absolute atomic E-state index is 0.0353. The monoisotopic (exact) mass is 416 g/mol. The zero-order chi connectivity index (χ0) is 20.4. The summed E-state index contributed by atoms with van der Waals surface area (Å²) in [5.41, 5.74) is 2.45. The summed E-state index contributed by atoms with van der Waals surface area (Å²) in [6.45, 7) is 4.99. The quantitative estimate of drug-likeness (QED) is 0.797. The number of hydrogen-bond donors (Lipinski definition) is 2. The van der Waals surface area contributed by atoms with Crippen molar-refractivity contribution in [1.29, 1.82) is 0 Å². The molecule has 0 radical (unpaired) electrons. The molecule has 2 N–H and O–H groups in total. The smallest absolute Gasteiger partial charge is 0.258 e. The number of hydrogen-bond acceptors (Lipinski definition) is 5. The molecule has 7 heteroatoms. The maximum atomic E-state index is 13.1. The Labute approximate surface area is 175 Å². The first-order chi connectivity index (χ1) is 14.0. The molecule has 0 aliphatic carbocycles. The number of ether oxygens (including phenoxy) is 1. The highest BCUT2D eigenvalue weighted by Crippen LogP contribution is 2.37. The molecule has 29 heavy (non-hydrogen) atoms. The molecule has 1 atom stereocenters. The Kier molecular flexibility index (Phi) is 5.94. The third-order valence-electron chi connectivity index (χ3n) is 5.68. The Morgan fingerprint density at radius 3 is 2.52 bits per heavy atom. The van der Waals surface area contributed by atoms with E-state index in [0.717, 1.165) is 57.3 Å². The fourth-order valence-corrected chi connectivity index (χ4v) is 4.26. The molecule has 154 valence electrons. The largest absolute Gasteiger partial charge is 0.507 e. The standard InChI is InChI=1S/C22H25ClN2O4/c23-18-12-17(20(26)13-21(18)27)22(28)25-7-1-2-19(25)16-5-3-15(4-6-16)14-24-8-10-29-11-9-24/h3-6,12-13,19,26-27H,1-2,7-11,14H2/t19-/m0/s1. The van der Waals surface area contributed by atoms with Crippen molar-refractivity contribution in [1.82, 2.24) is 9.80 Å². The van der Waals surface area contributed by atoms with Gasteiger partial charge in [0.1, 0.15) is 11.5 Å². The van der Waals surface area contributed by atoms with Crippen molar-refractivity contribution in [2.24, 2.45) is 0 Å². The molecule has 6 nitrogen and oxygen atoms in total. The summed E-state index contributed by atoms with van der Waals surface area (Å²) in [5.74, 6) is -0.776. The molecule has 2 saturated heterocycles. The maximum Gasteiger partial charge on any atom is 0.258 e. The van der Waals surface area contributed by atoms with Gasteiger partial charge < -0.3 is 19.8 Å². The molecular weight excluding hydrogens is 392 g/mol. The number of phenols is 2. The van der Waals surface area contributed by atoms with Crippen LogP contribution in [0.3, 0.4) is 0 Å². The van der Waals surface area contributed by atoms with Crippen LogP contribution in [0.2, 0.25) is 5.02 Å². The first-order valence-corrected chi connectivity index (χ1v) is 10.3. The van der Waals surface area contributed by atoms with Crippen LogP contribution in [-0.2, 0) is 11.3 Å². The van der Waals surface area contributed by atoms with Gasteiger partial charge in [0.2, 0.25) is 0 Å². The SMILES string of the molecule is O=C(c1cc(Cl)c(O)cc1O)N1CCC[C@H]1c1ccc(CN2CCOCC2)cc1. The number of phenolic OH excluding ortho intramolecular Hbond substituents is 2. The Balaban J connectivity index is 1.49. The van der Waals surface area contributed by atoms with Crippen LogP contribution in [0.5, 0.6) is 11.5 Å². The van der Waals surface area contributed by atoms with E-state index in [1.54, 1.807) is 4.90 Å². The van der Waals surface area contributed by atoms with Crippen LogP contribution in [-0.4, -0.2) is 58.8 Å². The van der Waals surface area contributed by atoms with Gasteiger partial charge in [0, 0.05) is 32.2 Å². The number of benzene rings is 2. The summed E-state index contributed by atoms with van der Waals surface area (Å²) in [4.78, 5) is 17.2. The Hall–Kier alpha value is -2.28. The predicted octanol–water partition coefficient (Wildman–Crippen LogP) is 3.56. The lowest BCUT2D eigenvalue weighted by Crippen LogP contribution is -2.35. The average Bonchev–Trinajstić information content (AvgIpc) is 3.21. The average molecular weight is 417 g/mol. The molecule has 2 aliphatic heterocycles. The number of morpholine rings is 1. The van der Waals surface area contributed by atoms with E-state index in [9.17, 15) is 15.0 Å². The highest BCUT2D eigenvalue weighted by atomic mass is 35.5. The minimum atomic E-state index is -0.274. The van der Waals surface area contributed by atoms with E-state index >= 15 is 0 Å². The van der Waals surface area contributed by atoms with Gasteiger partial charge in [0.25, 0.3) is 5.91 Å². The lowest BCUT2D eigenvalue weighted by Gasteiger charge is -2.27. The highest BCUT2D eigenvalue weighted by Gasteiger charge is 2.32. The maximum absolute atomic E-state index is 13.1. The highest BCUT2D eigenvalue weighted by molar-refractivity contribution is 6.32. The molecule has 0 aromatic heterocycles. The molecule has 2 aliphatic rings. The summed E-state index contributed by atoms with van der Waals surface area (Å²) in [6.07, 6.45) is 1.78. The van der Waals surface area contributed by atoms with E-state index in [1.807, 2.05) is 0 Å². The number of carbonyl (C=O) groups excluding carboxylic acids is 1. The molecular formula is C22H25ClN2O4. The van der Waals surface area contributed by atoms with E-state index in [2.05, 4.69) is 29.2 Å².